The molecule has 2 fully saturated rings. The summed E-state index contributed by atoms with van der Waals surface area (Å²) in [6.07, 6.45) is 3.62. The molecule has 4 nitrogen and oxygen atoms in total. The van der Waals surface area contributed by atoms with Gasteiger partial charge in [0, 0.05) is 18.5 Å². The minimum atomic E-state index is -0.717. The van der Waals surface area contributed by atoms with Crippen molar-refractivity contribution in [1.29, 1.82) is 0 Å². The molecule has 2 bridgehead atoms. The van der Waals surface area contributed by atoms with Crippen molar-refractivity contribution in [3.05, 3.63) is 35.9 Å². The Balaban J connectivity index is 1.70. The highest BCUT2D eigenvalue weighted by molar-refractivity contribution is 5.69. The van der Waals surface area contributed by atoms with Crippen molar-refractivity contribution in [1.82, 2.24) is 4.90 Å². The van der Waals surface area contributed by atoms with Crippen LogP contribution in [0.4, 0.5) is 4.79 Å². The third-order valence-electron chi connectivity index (χ3n) is 4.83. The molecule has 1 amide bonds. The second-order valence-corrected chi connectivity index (χ2v) is 8.07. The fourth-order valence-corrected chi connectivity index (χ4v) is 4.06. The van der Waals surface area contributed by atoms with Crippen molar-refractivity contribution in [3.63, 3.8) is 0 Å². The van der Waals surface area contributed by atoms with Crippen LogP contribution in [0.15, 0.2) is 30.3 Å². The zero-order chi connectivity index (χ0) is 16.7. The van der Waals surface area contributed by atoms with E-state index in [0.29, 0.717) is 19.3 Å². The smallest absolute Gasteiger partial charge is 0.410 e. The van der Waals surface area contributed by atoms with Crippen molar-refractivity contribution < 1.29 is 14.6 Å². The van der Waals surface area contributed by atoms with E-state index >= 15 is 0 Å². The van der Waals surface area contributed by atoms with Crippen LogP contribution in [0.2, 0.25) is 0 Å². The molecule has 4 heteroatoms. The molecule has 1 N–H and O–H groups in total. The van der Waals surface area contributed by atoms with E-state index in [1.54, 1.807) is 0 Å². The Morgan fingerprint density at radius 3 is 2.30 bits per heavy atom. The van der Waals surface area contributed by atoms with Crippen LogP contribution in [0, 0.1) is 0 Å². The predicted octanol–water partition coefficient (Wildman–Crippen LogP) is 3.52. The molecule has 0 aromatic heterocycles. The van der Waals surface area contributed by atoms with Gasteiger partial charge in [0.1, 0.15) is 5.60 Å². The molecule has 2 heterocycles. The molecule has 2 unspecified atom stereocenters. The lowest BCUT2D eigenvalue weighted by Crippen LogP contribution is -2.54. The zero-order valence-corrected chi connectivity index (χ0v) is 14.3. The Morgan fingerprint density at radius 1 is 1.22 bits per heavy atom. The minimum Gasteiger partial charge on any atom is -0.444 e. The van der Waals surface area contributed by atoms with Crippen LogP contribution in [-0.2, 0) is 11.2 Å². The first-order chi connectivity index (χ1) is 10.8. The summed E-state index contributed by atoms with van der Waals surface area (Å²) in [4.78, 5) is 14.3. The van der Waals surface area contributed by atoms with Crippen LogP contribution < -0.4 is 0 Å². The summed E-state index contributed by atoms with van der Waals surface area (Å²) in [7, 11) is 0. The van der Waals surface area contributed by atoms with Gasteiger partial charge in [-0.2, -0.15) is 0 Å². The maximum absolute atomic E-state index is 12.5. The van der Waals surface area contributed by atoms with Crippen molar-refractivity contribution >= 4 is 6.09 Å². The second kappa shape index (κ2) is 5.82. The van der Waals surface area contributed by atoms with E-state index in [9.17, 15) is 9.90 Å². The van der Waals surface area contributed by atoms with Crippen LogP contribution in [0.25, 0.3) is 0 Å². The van der Waals surface area contributed by atoms with E-state index in [2.05, 4.69) is 12.1 Å². The first-order valence-electron chi connectivity index (χ1n) is 8.53. The maximum atomic E-state index is 12.5. The van der Waals surface area contributed by atoms with Crippen molar-refractivity contribution in [3.8, 4) is 0 Å². The summed E-state index contributed by atoms with van der Waals surface area (Å²) in [5, 5.41) is 11.1. The van der Waals surface area contributed by atoms with Gasteiger partial charge >= 0.3 is 6.09 Å². The first kappa shape index (κ1) is 16.3. The number of aliphatic hydroxyl groups is 1. The molecule has 0 spiro atoms. The van der Waals surface area contributed by atoms with Crippen LogP contribution in [0.3, 0.4) is 0 Å². The number of hydrogen-bond donors (Lipinski definition) is 1. The van der Waals surface area contributed by atoms with Gasteiger partial charge in [-0.15, -0.1) is 0 Å². The van der Waals surface area contributed by atoms with Gasteiger partial charge in [-0.1, -0.05) is 30.3 Å². The summed E-state index contributed by atoms with van der Waals surface area (Å²) in [6, 6.07) is 10.3. The molecule has 0 aliphatic carbocycles. The number of rotatable bonds is 2. The van der Waals surface area contributed by atoms with Crippen LogP contribution in [-0.4, -0.2) is 39.4 Å². The van der Waals surface area contributed by atoms with E-state index in [1.807, 2.05) is 43.9 Å². The van der Waals surface area contributed by atoms with E-state index < -0.39 is 11.2 Å². The molecule has 2 aliphatic rings. The predicted molar refractivity (Wildman–Crippen MR) is 89.2 cm³/mol. The summed E-state index contributed by atoms with van der Waals surface area (Å²) >= 11 is 0. The van der Waals surface area contributed by atoms with Gasteiger partial charge in [-0.05, 0) is 52.0 Å². The van der Waals surface area contributed by atoms with E-state index in [-0.39, 0.29) is 18.2 Å². The summed E-state index contributed by atoms with van der Waals surface area (Å²) in [6.45, 7) is 5.67. The van der Waals surface area contributed by atoms with Crippen molar-refractivity contribution in [2.45, 2.75) is 76.2 Å². The number of carbonyl (C=O) groups excluding carboxylic acids is 1. The van der Waals surface area contributed by atoms with Gasteiger partial charge in [-0.25, -0.2) is 4.79 Å². The Labute approximate surface area is 138 Å². The third kappa shape index (κ3) is 3.69. The van der Waals surface area contributed by atoms with E-state index in [4.69, 9.17) is 4.74 Å². The fourth-order valence-electron chi connectivity index (χ4n) is 4.06. The highest BCUT2D eigenvalue weighted by atomic mass is 16.6. The molecular formula is C19H27NO3. The topological polar surface area (TPSA) is 49.8 Å². The number of nitrogens with zero attached hydrogens (tertiary/aromatic N) is 1. The second-order valence-electron chi connectivity index (χ2n) is 8.07. The van der Waals surface area contributed by atoms with Crippen molar-refractivity contribution in [2.75, 3.05) is 0 Å². The molecule has 3 rings (SSSR count). The number of fused-ring (bicyclic) bond motifs is 2. The zero-order valence-electron chi connectivity index (χ0n) is 14.3. The average molecular weight is 317 g/mol. The van der Waals surface area contributed by atoms with E-state index in [1.165, 1.54) is 0 Å². The molecule has 0 saturated carbocycles. The first-order valence-corrected chi connectivity index (χ1v) is 8.53. The third-order valence-corrected chi connectivity index (χ3v) is 4.83. The summed E-state index contributed by atoms with van der Waals surface area (Å²) in [5.74, 6) is 0. The standard InChI is InChI=1S/C19H27NO3/c1-18(2,3)23-17(21)20-15-9-10-16(20)13-19(22,12-15)11-14-7-5-4-6-8-14/h4-8,15-16,22H,9-13H2,1-3H3. The van der Waals surface area contributed by atoms with Gasteiger partial charge in [0.2, 0.25) is 0 Å². The number of amides is 1. The van der Waals surface area contributed by atoms with Crippen LogP contribution in [0.1, 0.15) is 52.0 Å². The fraction of sp³-hybridized carbons (Fsp3) is 0.632. The maximum Gasteiger partial charge on any atom is 0.410 e. The average Bonchev–Trinajstić information content (AvgIpc) is 2.71. The minimum absolute atomic E-state index is 0.0947. The molecule has 126 valence electrons. The summed E-state index contributed by atoms with van der Waals surface area (Å²) in [5.41, 5.74) is -0.0415. The number of hydrogen-bond acceptors (Lipinski definition) is 3. The number of piperidine rings is 1. The van der Waals surface area contributed by atoms with Gasteiger partial charge in [0.25, 0.3) is 0 Å². The Kier molecular flexibility index (Phi) is 4.13. The SMILES string of the molecule is CC(C)(C)OC(=O)N1C2CCC1CC(O)(Cc1ccccc1)C2. The number of benzene rings is 1. The lowest BCUT2D eigenvalue weighted by molar-refractivity contribution is -0.0579. The Bertz CT molecular complexity index is 550. The molecule has 1 aromatic rings. The van der Waals surface area contributed by atoms with Gasteiger partial charge in [-0.3, -0.25) is 0 Å². The highest BCUT2D eigenvalue weighted by Gasteiger charge is 2.50. The van der Waals surface area contributed by atoms with E-state index in [0.717, 1.165) is 18.4 Å². The highest BCUT2D eigenvalue weighted by Crippen LogP contribution is 2.42. The molecule has 2 atom stereocenters. The number of carbonyl (C=O) groups is 1. The molecule has 2 saturated heterocycles. The monoisotopic (exact) mass is 317 g/mol. The Morgan fingerprint density at radius 2 is 1.78 bits per heavy atom. The molecule has 0 radical (unpaired) electrons. The largest absolute Gasteiger partial charge is 0.444 e. The lowest BCUT2D eigenvalue weighted by atomic mass is 9.81. The quantitative estimate of drug-likeness (QED) is 0.908. The molecule has 1 aromatic carbocycles. The van der Waals surface area contributed by atoms with Gasteiger partial charge in [0.15, 0.2) is 0 Å². The lowest BCUT2D eigenvalue weighted by Gasteiger charge is -2.44. The van der Waals surface area contributed by atoms with Crippen LogP contribution in [0.5, 0.6) is 0 Å². The molecule has 2 aliphatic heterocycles. The summed E-state index contributed by atoms with van der Waals surface area (Å²) < 4.78 is 5.55. The van der Waals surface area contributed by atoms with Crippen molar-refractivity contribution in [2.24, 2.45) is 0 Å². The normalized spacial score (nSPS) is 30.3. The number of ether oxygens (including phenoxy) is 1. The Hall–Kier alpha value is -1.55. The van der Waals surface area contributed by atoms with Gasteiger partial charge < -0.3 is 14.7 Å². The van der Waals surface area contributed by atoms with Gasteiger partial charge in [0.05, 0.1) is 5.60 Å². The molecular weight excluding hydrogens is 290 g/mol. The van der Waals surface area contributed by atoms with Crippen LogP contribution >= 0.6 is 0 Å². The molecule has 23 heavy (non-hydrogen) atoms.